The first-order valence-electron chi connectivity index (χ1n) is 8.81. The summed E-state index contributed by atoms with van der Waals surface area (Å²) in [5.41, 5.74) is 1.93. The molecule has 1 aliphatic rings. The molecule has 0 radical (unpaired) electrons. The van der Waals surface area contributed by atoms with E-state index in [4.69, 9.17) is 4.74 Å². The van der Waals surface area contributed by atoms with E-state index < -0.39 is 0 Å². The molecule has 0 bridgehead atoms. The quantitative estimate of drug-likeness (QED) is 0.811. The van der Waals surface area contributed by atoms with Crippen LogP contribution in [-0.2, 0) is 6.42 Å². The van der Waals surface area contributed by atoms with Crippen molar-refractivity contribution in [2.45, 2.75) is 12.8 Å². The van der Waals surface area contributed by atoms with Crippen LogP contribution in [0.1, 0.15) is 22.3 Å². The number of carbonyl (C=O) groups is 1. The van der Waals surface area contributed by atoms with Gasteiger partial charge in [-0.1, -0.05) is 18.2 Å². The average Bonchev–Trinajstić information content (AvgIpc) is 2.69. The number of piperazine rings is 1. The van der Waals surface area contributed by atoms with Gasteiger partial charge in [0.1, 0.15) is 5.75 Å². The molecule has 5 nitrogen and oxygen atoms in total. The van der Waals surface area contributed by atoms with Crippen molar-refractivity contribution in [2.24, 2.45) is 0 Å². The molecule has 1 amide bonds. The minimum absolute atomic E-state index is 0.0850. The van der Waals surface area contributed by atoms with Crippen LogP contribution in [0.15, 0.2) is 48.8 Å². The number of benzene rings is 1. The second-order valence-electron chi connectivity index (χ2n) is 6.29. The maximum absolute atomic E-state index is 12.4. The number of amides is 1. The van der Waals surface area contributed by atoms with Gasteiger partial charge in [-0.3, -0.25) is 14.7 Å². The van der Waals surface area contributed by atoms with Crippen molar-refractivity contribution in [3.8, 4) is 5.75 Å². The molecule has 3 rings (SSSR count). The Morgan fingerprint density at radius 2 is 1.92 bits per heavy atom. The van der Waals surface area contributed by atoms with E-state index in [1.54, 1.807) is 25.6 Å². The third-order valence-corrected chi connectivity index (χ3v) is 4.68. The zero-order valence-corrected chi connectivity index (χ0v) is 14.7. The Balaban J connectivity index is 1.43. The summed E-state index contributed by atoms with van der Waals surface area (Å²) in [6, 6.07) is 11.8. The SMILES string of the molecule is COc1ccccc1CCCN1CCN(C(=O)c2cccnc2)CC1. The molecule has 1 aromatic heterocycles. The van der Waals surface area contributed by atoms with E-state index in [-0.39, 0.29) is 5.91 Å². The second-order valence-corrected chi connectivity index (χ2v) is 6.29. The summed E-state index contributed by atoms with van der Waals surface area (Å²) < 4.78 is 5.41. The number of methoxy groups -OCH3 is 1. The van der Waals surface area contributed by atoms with E-state index in [0.29, 0.717) is 5.56 Å². The monoisotopic (exact) mass is 339 g/mol. The lowest BCUT2D eigenvalue weighted by molar-refractivity contribution is 0.0635. The number of para-hydroxylation sites is 1. The van der Waals surface area contributed by atoms with Gasteiger partial charge in [0.2, 0.25) is 0 Å². The summed E-state index contributed by atoms with van der Waals surface area (Å²) in [6.45, 7) is 4.47. The predicted molar refractivity (Wildman–Crippen MR) is 97.9 cm³/mol. The Labute approximate surface area is 149 Å². The van der Waals surface area contributed by atoms with Crippen LogP contribution in [0.3, 0.4) is 0 Å². The minimum Gasteiger partial charge on any atom is -0.496 e. The van der Waals surface area contributed by atoms with Crippen LogP contribution in [0.25, 0.3) is 0 Å². The van der Waals surface area contributed by atoms with Crippen LogP contribution in [-0.4, -0.2) is 60.5 Å². The molecule has 0 unspecified atom stereocenters. The van der Waals surface area contributed by atoms with Crippen LogP contribution in [0.2, 0.25) is 0 Å². The Bertz CT molecular complexity index is 682. The minimum atomic E-state index is 0.0850. The van der Waals surface area contributed by atoms with Crippen molar-refractivity contribution >= 4 is 5.91 Å². The fourth-order valence-corrected chi connectivity index (χ4v) is 3.25. The van der Waals surface area contributed by atoms with Crippen molar-refractivity contribution in [1.82, 2.24) is 14.8 Å². The van der Waals surface area contributed by atoms with E-state index in [9.17, 15) is 4.79 Å². The lowest BCUT2D eigenvalue weighted by Crippen LogP contribution is -2.48. The average molecular weight is 339 g/mol. The fourth-order valence-electron chi connectivity index (χ4n) is 3.25. The van der Waals surface area contributed by atoms with Crippen molar-refractivity contribution in [2.75, 3.05) is 39.8 Å². The molecule has 0 atom stereocenters. The van der Waals surface area contributed by atoms with E-state index >= 15 is 0 Å². The van der Waals surface area contributed by atoms with Crippen molar-refractivity contribution < 1.29 is 9.53 Å². The molecular weight excluding hydrogens is 314 g/mol. The summed E-state index contributed by atoms with van der Waals surface area (Å²) in [4.78, 5) is 20.8. The number of hydrogen-bond donors (Lipinski definition) is 0. The first-order chi connectivity index (χ1) is 12.3. The first-order valence-corrected chi connectivity index (χ1v) is 8.81. The van der Waals surface area contributed by atoms with Gasteiger partial charge in [0, 0.05) is 38.6 Å². The zero-order valence-electron chi connectivity index (χ0n) is 14.7. The fraction of sp³-hybridized carbons (Fsp3) is 0.400. The molecular formula is C20H25N3O2. The number of rotatable bonds is 6. The number of nitrogens with zero attached hydrogens (tertiary/aromatic N) is 3. The maximum Gasteiger partial charge on any atom is 0.255 e. The molecule has 2 heterocycles. The molecule has 132 valence electrons. The van der Waals surface area contributed by atoms with Gasteiger partial charge < -0.3 is 9.64 Å². The number of hydrogen-bond acceptors (Lipinski definition) is 4. The van der Waals surface area contributed by atoms with E-state index in [1.807, 2.05) is 23.1 Å². The van der Waals surface area contributed by atoms with Crippen LogP contribution in [0, 0.1) is 0 Å². The van der Waals surface area contributed by atoms with Gasteiger partial charge in [-0.2, -0.15) is 0 Å². The van der Waals surface area contributed by atoms with Crippen molar-refractivity contribution in [1.29, 1.82) is 0 Å². The van der Waals surface area contributed by atoms with Crippen molar-refractivity contribution in [3.63, 3.8) is 0 Å². The summed E-state index contributed by atoms with van der Waals surface area (Å²) >= 11 is 0. The molecule has 1 fully saturated rings. The highest BCUT2D eigenvalue weighted by Crippen LogP contribution is 2.19. The molecule has 0 aliphatic carbocycles. The summed E-state index contributed by atoms with van der Waals surface area (Å²) in [7, 11) is 1.72. The Morgan fingerprint density at radius 1 is 1.12 bits per heavy atom. The summed E-state index contributed by atoms with van der Waals surface area (Å²) in [5.74, 6) is 1.05. The van der Waals surface area contributed by atoms with Gasteiger partial charge in [0.15, 0.2) is 0 Å². The normalized spacial score (nSPS) is 15.2. The van der Waals surface area contributed by atoms with Gasteiger partial charge in [-0.15, -0.1) is 0 Å². The third-order valence-electron chi connectivity index (χ3n) is 4.68. The highest BCUT2D eigenvalue weighted by molar-refractivity contribution is 5.93. The molecule has 1 aliphatic heterocycles. The molecule has 0 saturated carbocycles. The van der Waals surface area contributed by atoms with E-state index in [0.717, 1.165) is 51.3 Å². The molecule has 25 heavy (non-hydrogen) atoms. The lowest BCUT2D eigenvalue weighted by atomic mass is 10.1. The number of aryl methyl sites for hydroxylation is 1. The van der Waals surface area contributed by atoms with Crippen LogP contribution < -0.4 is 4.74 Å². The predicted octanol–water partition coefficient (Wildman–Crippen LogP) is 2.48. The van der Waals surface area contributed by atoms with Gasteiger partial charge in [0.05, 0.1) is 12.7 Å². The topological polar surface area (TPSA) is 45.7 Å². The standard InChI is InChI=1S/C20H25N3O2/c1-25-19-9-3-2-6-17(19)8-5-11-22-12-14-23(15-13-22)20(24)18-7-4-10-21-16-18/h2-4,6-7,9-10,16H,5,8,11-15H2,1H3. The highest BCUT2D eigenvalue weighted by Gasteiger charge is 2.21. The molecule has 1 saturated heterocycles. The summed E-state index contributed by atoms with van der Waals surface area (Å²) in [5, 5.41) is 0. The zero-order chi connectivity index (χ0) is 17.5. The third kappa shape index (κ3) is 4.57. The molecule has 0 spiro atoms. The Morgan fingerprint density at radius 3 is 2.64 bits per heavy atom. The summed E-state index contributed by atoms with van der Waals surface area (Å²) in [6.07, 6.45) is 5.44. The van der Waals surface area contributed by atoms with E-state index in [2.05, 4.69) is 22.0 Å². The smallest absolute Gasteiger partial charge is 0.255 e. The van der Waals surface area contributed by atoms with Gasteiger partial charge in [0.25, 0.3) is 5.91 Å². The largest absolute Gasteiger partial charge is 0.496 e. The molecule has 0 N–H and O–H groups in total. The second kappa shape index (κ2) is 8.62. The van der Waals surface area contributed by atoms with Crippen LogP contribution >= 0.6 is 0 Å². The highest BCUT2D eigenvalue weighted by atomic mass is 16.5. The van der Waals surface area contributed by atoms with Gasteiger partial charge in [-0.25, -0.2) is 0 Å². The van der Waals surface area contributed by atoms with Crippen molar-refractivity contribution in [3.05, 3.63) is 59.9 Å². The number of ether oxygens (including phenoxy) is 1. The molecule has 5 heteroatoms. The first kappa shape index (κ1) is 17.4. The van der Waals surface area contributed by atoms with Gasteiger partial charge >= 0.3 is 0 Å². The van der Waals surface area contributed by atoms with Crippen LogP contribution in [0.5, 0.6) is 5.75 Å². The maximum atomic E-state index is 12.4. The van der Waals surface area contributed by atoms with Gasteiger partial charge in [-0.05, 0) is 43.1 Å². The number of carbonyl (C=O) groups excluding carboxylic acids is 1. The number of aromatic nitrogens is 1. The van der Waals surface area contributed by atoms with E-state index in [1.165, 1.54) is 5.56 Å². The molecule has 2 aromatic rings. The Hall–Kier alpha value is -2.40. The Kier molecular flexibility index (Phi) is 6.01. The lowest BCUT2D eigenvalue weighted by Gasteiger charge is -2.34. The van der Waals surface area contributed by atoms with Crippen LogP contribution in [0.4, 0.5) is 0 Å². The molecule has 1 aromatic carbocycles. The number of pyridine rings is 1.